The maximum Gasteiger partial charge on any atom is 0.261 e. The number of nitrogens with zero attached hydrogens (tertiary/aromatic N) is 1. The predicted molar refractivity (Wildman–Crippen MR) is 118 cm³/mol. The van der Waals surface area contributed by atoms with E-state index in [9.17, 15) is 9.59 Å². The van der Waals surface area contributed by atoms with Gasteiger partial charge in [0.15, 0.2) is 18.1 Å². The van der Waals surface area contributed by atoms with Crippen molar-refractivity contribution < 1.29 is 19.1 Å². The summed E-state index contributed by atoms with van der Waals surface area (Å²) in [6.45, 7) is 4.52. The summed E-state index contributed by atoms with van der Waals surface area (Å²) in [6.07, 6.45) is 1.31. The topological polar surface area (TPSA) is 67.9 Å². The first-order valence-corrected chi connectivity index (χ1v) is 10.4. The molecule has 1 atom stereocenters. The normalized spacial score (nSPS) is 11.5. The van der Waals surface area contributed by atoms with Crippen molar-refractivity contribution in [2.24, 2.45) is 0 Å². The molecule has 2 amide bonds. The summed E-state index contributed by atoms with van der Waals surface area (Å²) in [7, 11) is 1.54. The van der Waals surface area contributed by atoms with Crippen LogP contribution < -0.4 is 14.8 Å². The van der Waals surface area contributed by atoms with Gasteiger partial charge in [0.2, 0.25) is 5.91 Å². The molecule has 0 fully saturated rings. The third kappa shape index (κ3) is 6.66. The molecular weight excluding hydrogens is 404 g/mol. The van der Waals surface area contributed by atoms with Gasteiger partial charge in [0.1, 0.15) is 6.04 Å². The highest BCUT2D eigenvalue weighted by Crippen LogP contribution is 2.26. The Morgan fingerprint density at radius 3 is 2.33 bits per heavy atom. The number of ether oxygens (including phenoxy) is 2. The summed E-state index contributed by atoms with van der Waals surface area (Å²) >= 11 is 5.98. The molecule has 1 N–H and O–H groups in total. The predicted octanol–water partition coefficient (Wildman–Crippen LogP) is 4.06. The van der Waals surface area contributed by atoms with Crippen LogP contribution in [0.1, 0.15) is 32.3 Å². The molecule has 30 heavy (non-hydrogen) atoms. The highest BCUT2D eigenvalue weighted by Gasteiger charge is 2.28. The van der Waals surface area contributed by atoms with Crippen LogP contribution in [0.2, 0.25) is 5.02 Å². The van der Waals surface area contributed by atoms with Crippen LogP contribution in [-0.4, -0.2) is 43.0 Å². The van der Waals surface area contributed by atoms with Crippen LogP contribution >= 0.6 is 11.6 Å². The fraction of sp³-hybridized carbons (Fsp3) is 0.391. The molecule has 7 heteroatoms. The van der Waals surface area contributed by atoms with Gasteiger partial charge in [-0.05, 0) is 42.7 Å². The summed E-state index contributed by atoms with van der Waals surface area (Å²) in [6, 6.07) is 13.8. The van der Waals surface area contributed by atoms with Crippen LogP contribution in [0.3, 0.4) is 0 Å². The molecule has 0 spiro atoms. The quantitative estimate of drug-likeness (QED) is 0.581. The second kappa shape index (κ2) is 12.1. The van der Waals surface area contributed by atoms with E-state index >= 15 is 0 Å². The van der Waals surface area contributed by atoms with Gasteiger partial charge in [-0.2, -0.15) is 0 Å². The third-order valence-electron chi connectivity index (χ3n) is 4.62. The summed E-state index contributed by atoms with van der Waals surface area (Å²) in [5, 5.41) is 3.51. The van der Waals surface area contributed by atoms with E-state index in [1.165, 1.54) is 0 Å². The zero-order valence-corrected chi connectivity index (χ0v) is 18.4. The van der Waals surface area contributed by atoms with Crippen molar-refractivity contribution in [3.8, 4) is 11.5 Å². The highest BCUT2D eigenvalue weighted by molar-refractivity contribution is 6.30. The first-order chi connectivity index (χ1) is 14.5. The highest BCUT2D eigenvalue weighted by atomic mass is 35.5. The fourth-order valence-electron chi connectivity index (χ4n) is 3.03. The maximum atomic E-state index is 13.1. The number of hydrogen-bond donors (Lipinski definition) is 1. The standard InChI is InChI=1S/C23H29ClN2O4/c1-4-14-25-23(28)19(5-2)26(15-17-10-12-18(24)13-11-17)22(27)16-30-21-9-7-6-8-20(21)29-3/h6-13,19H,4-5,14-16H2,1-3H3,(H,25,28). The van der Waals surface area contributed by atoms with E-state index in [0.29, 0.717) is 29.5 Å². The second-order valence-corrected chi connectivity index (χ2v) is 7.24. The summed E-state index contributed by atoms with van der Waals surface area (Å²) < 4.78 is 11.0. The molecule has 0 aliphatic heterocycles. The molecule has 2 aromatic carbocycles. The van der Waals surface area contributed by atoms with Crippen molar-refractivity contribution >= 4 is 23.4 Å². The molecule has 2 aromatic rings. The van der Waals surface area contributed by atoms with Crippen molar-refractivity contribution in [3.05, 3.63) is 59.1 Å². The Hall–Kier alpha value is -2.73. The summed E-state index contributed by atoms with van der Waals surface area (Å²) in [5.74, 6) is 0.568. The molecule has 0 saturated heterocycles. The lowest BCUT2D eigenvalue weighted by atomic mass is 10.1. The molecular formula is C23H29ClN2O4. The number of nitrogens with one attached hydrogen (secondary N) is 1. The number of amides is 2. The monoisotopic (exact) mass is 432 g/mol. The Labute approximate surface area is 183 Å². The van der Waals surface area contributed by atoms with Crippen molar-refractivity contribution in [3.63, 3.8) is 0 Å². The molecule has 0 bridgehead atoms. The first kappa shape index (κ1) is 23.5. The van der Waals surface area contributed by atoms with Gasteiger partial charge in [-0.1, -0.05) is 49.7 Å². The van der Waals surface area contributed by atoms with Gasteiger partial charge in [0.25, 0.3) is 5.91 Å². The number of methoxy groups -OCH3 is 1. The minimum atomic E-state index is -0.596. The first-order valence-electron chi connectivity index (χ1n) is 10.1. The number of hydrogen-bond acceptors (Lipinski definition) is 4. The number of halogens is 1. The van der Waals surface area contributed by atoms with Gasteiger partial charge in [-0.25, -0.2) is 0 Å². The van der Waals surface area contributed by atoms with Crippen LogP contribution in [0, 0.1) is 0 Å². The molecule has 0 aliphatic carbocycles. The van der Waals surface area contributed by atoms with Crippen molar-refractivity contribution in [2.45, 2.75) is 39.3 Å². The average molecular weight is 433 g/mol. The Morgan fingerprint density at radius 2 is 1.73 bits per heavy atom. The largest absolute Gasteiger partial charge is 0.493 e. The molecule has 0 saturated carbocycles. The minimum absolute atomic E-state index is 0.168. The van der Waals surface area contributed by atoms with E-state index in [0.717, 1.165) is 12.0 Å². The fourth-order valence-corrected chi connectivity index (χ4v) is 3.16. The van der Waals surface area contributed by atoms with Crippen molar-refractivity contribution in [1.82, 2.24) is 10.2 Å². The van der Waals surface area contributed by atoms with Crippen molar-refractivity contribution in [1.29, 1.82) is 0 Å². The van der Waals surface area contributed by atoms with Gasteiger partial charge in [0, 0.05) is 18.1 Å². The van der Waals surface area contributed by atoms with Gasteiger partial charge in [-0.3, -0.25) is 9.59 Å². The van der Waals surface area contributed by atoms with E-state index < -0.39 is 6.04 Å². The summed E-state index contributed by atoms with van der Waals surface area (Å²) in [4.78, 5) is 27.4. The lowest BCUT2D eigenvalue weighted by molar-refractivity contribution is -0.143. The van der Waals surface area contributed by atoms with Crippen LogP contribution in [-0.2, 0) is 16.1 Å². The molecule has 6 nitrogen and oxygen atoms in total. The molecule has 162 valence electrons. The van der Waals surface area contributed by atoms with E-state index in [-0.39, 0.29) is 25.0 Å². The van der Waals surface area contributed by atoms with E-state index in [4.69, 9.17) is 21.1 Å². The smallest absolute Gasteiger partial charge is 0.261 e. The number of carbonyl (C=O) groups excluding carboxylic acids is 2. The van der Waals surface area contributed by atoms with Gasteiger partial charge < -0.3 is 19.7 Å². The number of carbonyl (C=O) groups is 2. The Kier molecular flexibility index (Phi) is 9.48. The van der Waals surface area contributed by atoms with Crippen molar-refractivity contribution in [2.75, 3.05) is 20.3 Å². The molecule has 0 radical (unpaired) electrons. The molecule has 0 aliphatic rings. The van der Waals surface area contributed by atoms with Gasteiger partial charge >= 0.3 is 0 Å². The third-order valence-corrected chi connectivity index (χ3v) is 4.87. The number of rotatable bonds is 11. The lowest BCUT2D eigenvalue weighted by Crippen LogP contribution is -2.50. The lowest BCUT2D eigenvalue weighted by Gasteiger charge is -2.30. The van der Waals surface area contributed by atoms with E-state index in [2.05, 4.69) is 5.32 Å². The van der Waals surface area contributed by atoms with E-state index in [1.54, 1.807) is 42.3 Å². The molecule has 1 unspecified atom stereocenters. The number of para-hydroxylation sites is 2. The van der Waals surface area contributed by atoms with Crippen LogP contribution in [0.5, 0.6) is 11.5 Å². The Morgan fingerprint density at radius 1 is 1.07 bits per heavy atom. The Bertz CT molecular complexity index is 826. The molecule has 0 aromatic heterocycles. The van der Waals surface area contributed by atoms with Crippen LogP contribution in [0.25, 0.3) is 0 Å². The van der Waals surface area contributed by atoms with Crippen LogP contribution in [0.15, 0.2) is 48.5 Å². The van der Waals surface area contributed by atoms with Gasteiger partial charge in [-0.15, -0.1) is 0 Å². The molecule has 0 heterocycles. The SMILES string of the molecule is CCCNC(=O)C(CC)N(Cc1ccc(Cl)cc1)C(=O)COc1ccccc1OC. The summed E-state index contributed by atoms with van der Waals surface area (Å²) in [5.41, 5.74) is 0.881. The zero-order chi connectivity index (χ0) is 21.9. The average Bonchev–Trinajstić information content (AvgIpc) is 2.77. The van der Waals surface area contributed by atoms with E-state index in [1.807, 2.05) is 32.0 Å². The minimum Gasteiger partial charge on any atom is -0.493 e. The second-order valence-electron chi connectivity index (χ2n) is 6.80. The van der Waals surface area contributed by atoms with Crippen LogP contribution in [0.4, 0.5) is 0 Å². The number of benzene rings is 2. The maximum absolute atomic E-state index is 13.1. The zero-order valence-electron chi connectivity index (χ0n) is 17.7. The molecule has 2 rings (SSSR count). The Balaban J connectivity index is 2.20. The van der Waals surface area contributed by atoms with Gasteiger partial charge in [0.05, 0.1) is 7.11 Å².